The van der Waals surface area contributed by atoms with Crippen LogP contribution in [0.15, 0.2) is 54.6 Å². The first-order chi connectivity index (χ1) is 11.7. The van der Waals surface area contributed by atoms with Crippen LogP contribution in [0, 0.1) is 6.92 Å². The first kappa shape index (κ1) is 14.5. The summed E-state index contributed by atoms with van der Waals surface area (Å²) in [5.74, 6) is 1.01. The Morgan fingerprint density at radius 1 is 1.12 bits per heavy atom. The van der Waals surface area contributed by atoms with Crippen molar-refractivity contribution in [1.29, 1.82) is 0 Å². The summed E-state index contributed by atoms with van der Waals surface area (Å²) in [6.07, 6.45) is -0.688. The van der Waals surface area contributed by atoms with Gasteiger partial charge in [0.15, 0.2) is 11.5 Å². The molecule has 1 unspecified atom stereocenters. The summed E-state index contributed by atoms with van der Waals surface area (Å²) in [6.45, 7) is 2.09. The van der Waals surface area contributed by atoms with Crippen molar-refractivity contribution in [2.24, 2.45) is 0 Å². The molecule has 2 aromatic carbocycles. The molecule has 1 aliphatic heterocycles. The fourth-order valence-electron chi connectivity index (χ4n) is 2.77. The number of rotatable bonds is 2. The predicted molar refractivity (Wildman–Crippen MR) is 91.5 cm³/mol. The number of ether oxygens (including phenoxy) is 2. The van der Waals surface area contributed by atoms with Gasteiger partial charge in [-0.25, -0.2) is 0 Å². The van der Waals surface area contributed by atoms with Gasteiger partial charge < -0.3 is 14.8 Å². The molecule has 1 N–H and O–H groups in total. The zero-order valence-corrected chi connectivity index (χ0v) is 13.2. The molecule has 0 aliphatic carbocycles. The van der Waals surface area contributed by atoms with Crippen molar-refractivity contribution in [2.75, 3.05) is 11.9 Å². The number of carbonyl (C=O) groups excluding carboxylic acids is 1. The number of para-hydroxylation sites is 3. The summed E-state index contributed by atoms with van der Waals surface area (Å²) >= 11 is 0. The molecule has 0 saturated heterocycles. The van der Waals surface area contributed by atoms with Crippen molar-refractivity contribution >= 4 is 22.5 Å². The highest BCUT2D eigenvalue weighted by Crippen LogP contribution is 2.31. The van der Waals surface area contributed by atoms with Crippen molar-refractivity contribution in [3.63, 3.8) is 0 Å². The number of nitrogens with zero attached hydrogens (tertiary/aromatic N) is 1. The number of hydrogen-bond donors (Lipinski definition) is 1. The summed E-state index contributed by atoms with van der Waals surface area (Å²) < 4.78 is 11.4. The van der Waals surface area contributed by atoms with Crippen molar-refractivity contribution in [3.05, 3.63) is 60.3 Å². The lowest BCUT2D eigenvalue weighted by Gasteiger charge is -2.25. The molecular formula is C19H16N2O3. The molecule has 2 heterocycles. The van der Waals surface area contributed by atoms with Gasteiger partial charge in [0.05, 0.1) is 11.2 Å². The van der Waals surface area contributed by atoms with E-state index < -0.39 is 6.10 Å². The second-order valence-electron chi connectivity index (χ2n) is 5.68. The van der Waals surface area contributed by atoms with Gasteiger partial charge in [-0.05, 0) is 31.2 Å². The summed E-state index contributed by atoms with van der Waals surface area (Å²) in [4.78, 5) is 17.1. The zero-order chi connectivity index (χ0) is 16.5. The maximum absolute atomic E-state index is 12.6. The number of carbonyl (C=O) groups is 1. The van der Waals surface area contributed by atoms with Crippen LogP contribution in [-0.4, -0.2) is 23.6 Å². The maximum Gasteiger partial charge on any atom is 0.269 e. The largest absolute Gasteiger partial charge is 0.485 e. The lowest BCUT2D eigenvalue weighted by atomic mass is 10.1. The highest BCUT2D eigenvalue weighted by atomic mass is 16.6. The topological polar surface area (TPSA) is 60.5 Å². The van der Waals surface area contributed by atoms with Crippen molar-refractivity contribution in [3.8, 4) is 11.5 Å². The summed E-state index contributed by atoms with van der Waals surface area (Å²) in [5.41, 5.74) is 2.42. The number of aryl methyl sites for hydroxylation is 1. The number of fused-ring (bicyclic) bond motifs is 2. The smallest absolute Gasteiger partial charge is 0.269 e. The quantitative estimate of drug-likeness (QED) is 0.787. The average Bonchev–Trinajstić information content (AvgIpc) is 2.61. The van der Waals surface area contributed by atoms with Gasteiger partial charge in [-0.2, -0.15) is 0 Å². The number of pyridine rings is 1. The van der Waals surface area contributed by atoms with Gasteiger partial charge in [0.1, 0.15) is 6.61 Å². The highest BCUT2D eigenvalue weighted by Gasteiger charge is 2.27. The molecule has 1 aromatic heterocycles. The Bertz CT molecular complexity index is 923. The van der Waals surface area contributed by atoms with Crippen LogP contribution in [0.5, 0.6) is 11.5 Å². The molecule has 120 valence electrons. The van der Waals surface area contributed by atoms with E-state index in [4.69, 9.17) is 9.47 Å². The summed E-state index contributed by atoms with van der Waals surface area (Å²) in [6, 6.07) is 16.9. The van der Waals surface area contributed by atoms with E-state index in [2.05, 4.69) is 10.3 Å². The van der Waals surface area contributed by atoms with Crippen molar-refractivity contribution < 1.29 is 14.3 Å². The first-order valence-corrected chi connectivity index (χ1v) is 7.76. The Hall–Kier alpha value is -3.08. The Labute approximate surface area is 139 Å². The van der Waals surface area contributed by atoms with Crippen LogP contribution >= 0.6 is 0 Å². The van der Waals surface area contributed by atoms with Crippen LogP contribution in [0.3, 0.4) is 0 Å². The standard InChI is InChI=1S/C19H16N2O3/c1-12-10-15(13-6-2-3-7-14(13)20-12)21-19(22)18-11-23-16-8-4-5-9-17(16)24-18/h2-10,18H,11H2,1H3,(H,20,21,22). The van der Waals surface area contributed by atoms with E-state index in [0.717, 1.165) is 22.3 Å². The molecule has 5 nitrogen and oxygen atoms in total. The second kappa shape index (κ2) is 5.85. The molecule has 0 radical (unpaired) electrons. The number of hydrogen-bond acceptors (Lipinski definition) is 4. The average molecular weight is 320 g/mol. The minimum absolute atomic E-state index is 0.185. The zero-order valence-electron chi connectivity index (χ0n) is 13.2. The molecule has 0 bridgehead atoms. The number of aromatic nitrogens is 1. The summed E-state index contributed by atoms with van der Waals surface area (Å²) in [7, 11) is 0. The van der Waals surface area contributed by atoms with Crippen LogP contribution < -0.4 is 14.8 Å². The Kier molecular flexibility index (Phi) is 3.54. The van der Waals surface area contributed by atoms with E-state index in [1.54, 1.807) is 6.07 Å². The van der Waals surface area contributed by atoms with Gasteiger partial charge in [0.25, 0.3) is 5.91 Å². The highest BCUT2D eigenvalue weighted by molar-refractivity contribution is 6.02. The molecule has 1 atom stereocenters. The van der Waals surface area contributed by atoms with Crippen molar-refractivity contribution in [1.82, 2.24) is 4.98 Å². The van der Waals surface area contributed by atoms with E-state index in [9.17, 15) is 4.79 Å². The van der Waals surface area contributed by atoms with Crippen molar-refractivity contribution in [2.45, 2.75) is 13.0 Å². The molecule has 24 heavy (non-hydrogen) atoms. The van der Waals surface area contributed by atoms with Gasteiger partial charge in [-0.3, -0.25) is 9.78 Å². The summed E-state index contributed by atoms with van der Waals surface area (Å²) in [5, 5.41) is 3.84. The third kappa shape index (κ3) is 2.65. The maximum atomic E-state index is 12.6. The lowest BCUT2D eigenvalue weighted by molar-refractivity contribution is -0.125. The minimum atomic E-state index is -0.688. The molecule has 0 fully saturated rings. The van der Waals surface area contributed by atoms with E-state index in [0.29, 0.717) is 11.5 Å². The normalized spacial score (nSPS) is 16.0. The monoisotopic (exact) mass is 320 g/mol. The molecule has 5 heteroatoms. The predicted octanol–water partition coefficient (Wildman–Crippen LogP) is 3.32. The third-order valence-corrected chi connectivity index (χ3v) is 3.90. The Morgan fingerprint density at radius 3 is 2.75 bits per heavy atom. The van der Waals surface area contributed by atoms with E-state index in [1.807, 2.05) is 55.5 Å². The molecule has 1 amide bonds. The number of amides is 1. The molecule has 4 rings (SSSR count). The third-order valence-electron chi connectivity index (χ3n) is 3.90. The van der Waals surface area contributed by atoms with Crippen LogP contribution in [0.1, 0.15) is 5.69 Å². The molecule has 0 saturated carbocycles. The van der Waals surface area contributed by atoms with Gasteiger partial charge in [0, 0.05) is 11.1 Å². The number of nitrogens with one attached hydrogen (secondary N) is 1. The SMILES string of the molecule is Cc1cc(NC(=O)C2COc3ccccc3O2)c2ccccc2n1. The minimum Gasteiger partial charge on any atom is -0.485 e. The molecular weight excluding hydrogens is 304 g/mol. The first-order valence-electron chi connectivity index (χ1n) is 7.76. The van der Waals surface area contributed by atoms with Crippen LogP contribution in [0.4, 0.5) is 5.69 Å². The fourth-order valence-corrected chi connectivity index (χ4v) is 2.77. The molecule has 1 aliphatic rings. The fraction of sp³-hybridized carbons (Fsp3) is 0.158. The van der Waals surface area contributed by atoms with E-state index in [1.165, 1.54) is 0 Å². The van der Waals surface area contributed by atoms with Crippen LogP contribution in [0.25, 0.3) is 10.9 Å². The number of anilines is 1. The van der Waals surface area contributed by atoms with Gasteiger partial charge in [0.2, 0.25) is 6.10 Å². The van der Waals surface area contributed by atoms with Crippen LogP contribution in [-0.2, 0) is 4.79 Å². The van der Waals surface area contributed by atoms with Gasteiger partial charge in [-0.15, -0.1) is 0 Å². The van der Waals surface area contributed by atoms with E-state index >= 15 is 0 Å². The Morgan fingerprint density at radius 2 is 1.88 bits per heavy atom. The van der Waals surface area contributed by atoms with Gasteiger partial charge in [-0.1, -0.05) is 30.3 Å². The molecule has 3 aromatic rings. The van der Waals surface area contributed by atoms with Crippen LogP contribution in [0.2, 0.25) is 0 Å². The number of benzene rings is 2. The lowest BCUT2D eigenvalue weighted by Crippen LogP contribution is -2.40. The van der Waals surface area contributed by atoms with Gasteiger partial charge >= 0.3 is 0 Å². The molecule has 0 spiro atoms. The second-order valence-corrected chi connectivity index (χ2v) is 5.68. The Balaban J connectivity index is 1.59. The van der Waals surface area contributed by atoms with E-state index in [-0.39, 0.29) is 12.5 Å².